The molecule has 1 aromatic rings. The van der Waals surface area contributed by atoms with Crippen molar-refractivity contribution in [2.45, 2.75) is 45.4 Å². The highest BCUT2D eigenvalue weighted by Crippen LogP contribution is 2.08. The minimum absolute atomic E-state index is 0.0977. The molecule has 6 nitrogen and oxygen atoms in total. The van der Waals surface area contributed by atoms with E-state index in [4.69, 9.17) is 14.6 Å². The number of benzene rings is 1. The Kier molecular flexibility index (Phi) is 6.85. The molecule has 0 bridgehead atoms. The summed E-state index contributed by atoms with van der Waals surface area (Å²) in [6.07, 6.45) is -0.879. The number of carboxylic acid groups (broad SMARTS) is 1. The van der Waals surface area contributed by atoms with Gasteiger partial charge in [0.2, 0.25) is 0 Å². The van der Waals surface area contributed by atoms with Crippen LogP contribution in [0, 0.1) is 0 Å². The van der Waals surface area contributed by atoms with Gasteiger partial charge >= 0.3 is 12.1 Å². The van der Waals surface area contributed by atoms with E-state index < -0.39 is 23.7 Å². The fraction of sp³-hybridized carbons (Fsp3) is 0.500. The summed E-state index contributed by atoms with van der Waals surface area (Å²) in [4.78, 5) is 22.6. The molecule has 1 rings (SSSR count). The number of carbonyl (C=O) groups is 2. The van der Waals surface area contributed by atoms with Gasteiger partial charge in [-0.15, -0.1) is 0 Å². The summed E-state index contributed by atoms with van der Waals surface area (Å²) in [5, 5.41) is 11.4. The van der Waals surface area contributed by atoms with E-state index in [0.717, 1.165) is 5.56 Å². The summed E-state index contributed by atoms with van der Waals surface area (Å²) >= 11 is 0. The third kappa shape index (κ3) is 8.26. The molecule has 0 aliphatic rings. The van der Waals surface area contributed by atoms with Crippen LogP contribution in [0.25, 0.3) is 0 Å². The van der Waals surface area contributed by atoms with Crippen molar-refractivity contribution in [3.05, 3.63) is 35.9 Å². The first-order valence-electron chi connectivity index (χ1n) is 7.09. The molecule has 1 unspecified atom stereocenters. The molecule has 0 spiro atoms. The molecule has 1 aromatic carbocycles. The quantitative estimate of drug-likeness (QED) is 0.808. The van der Waals surface area contributed by atoms with Gasteiger partial charge in [0.15, 0.2) is 0 Å². The first-order chi connectivity index (χ1) is 10.3. The molecule has 6 heteroatoms. The summed E-state index contributed by atoms with van der Waals surface area (Å²) in [6.45, 7) is 5.67. The number of aliphatic carboxylic acids is 1. The van der Waals surface area contributed by atoms with Crippen LogP contribution in [0.15, 0.2) is 30.3 Å². The van der Waals surface area contributed by atoms with E-state index in [1.54, 1.807) is 20.8 Å². The van der Waals surface area contributed by atoms with Gasteiger partial charge < -0.3 is 19.9 Å². The normalized spacial score (nSPS) is 12.5. The van der Waals surface area contributed by atoms with Gasteiger partial charge in [0, 0.05) is 0 Å². The summed E-state index contributed by atoms with van der Waals surface area (Å²) in [5.41, 5.74) is 0.344. The third-order valence-corrected chi connectivity index (χ3v) is 2.57. The Labute approximate surface area is 130 Å². The number of ether oxygens (including phenoxy) is 2. The van der Waals surface area contributed by atoms with Crippen LogP contribution in [-0.2, 0) is 20.9 Å². The number of alkyl carbamates (subject to hydrolysis) is 1. The average molecular weight is 309 g/mol. The zero-order chi connectivity index (χ0) is 16.6. The first-order valence-corrected chi connectivity index (χ1v) is 7.09. The van der Waals surface area contributed by atoms with Gasteiger partial charge in [-0.1, -0.05) is 30.3 Å². The summed E-state index contributed by atoms with van der Waals surface area (Å²) < 4.78 is 10.6. The van der Waals surface area contributed by atoms with Crippen molar-refractivity contribution >= 4 is 12.1 Å². The van der Waals surface area contributed by atoms with Crippen molar-refractivity contribution in [1.82, 2.24) is 5.32 Å². The molecular weight excluding hydrogens is 286 g/mol. The van der Waals surface area contributed by atoms with Gasteiger partial charge in [-0.2, -0.15) is 0 Å². The van der Waals surface area contributed by atoms with Crippen molar-refractivity contribution in [2.24, 2.45) is 0 Å². The van der Waals surface area contributed by atoms with E-state index in [1.165, 1.54) is 0 Å². The second-order valence-corrected chi connectivity index (χ2v) is 5.94. The van der Waals surface area contributed by atoms with E-state index in [9.17, 15) is 9.59 Å². The van der Waals surface area contributed by atoms with Crippen LogP contribution < -0.4 is 5.32 Å². The monoisotopic (exact) mass is 309 g/mol. The van der Waals surface area contributed by atoms with Crippen LogP contribution in [0.4, 0.5) is 4.79 Å². The van der Waals surface area contributed by atoms with Crippen molar-refractivity contribution < 1.29 is 24.2 Å². The van der Waals surface area contributed by atoms with Crippen LogP contribution in [0.1, 0.15) is 32.8 Å². The predicted molar refractivity (Wildman–Crippen MR) is 81.5 cm³/mol. The number of amides is 1. The molecule has 0 heterocycles. The molecular formula is C16H23NO5. The number of nitrogens with one attached hydrogen (secondary N) is 1. The van der Waals surface area contributed by atoms with Crippen molar-refractivity contribution in [3.8, 4) is 0 Å². The number of hydrogen-bond donors (Lipinski definition) is 2. The SMILES string of the molecule is CC(C)(C)OC(=O)NC(COCc1ccccc1)CC(=O)O. The van der Waals surface area contributed by atoms with Crippen LogP contribution >= 0.6 is 0 Å². The summed E-state index contributed by atoms with van der Waals surface area (Å²) in [7, 11) is 0. The largest absolute Gasteiger partial charge is 0.481 e. The van der Waals surface area contributed by atoms with E-state index >= 15 is 0 Å². The third-order valence-electron chi connectivity index (χ3n) is 2.57. The van der Waals surface area contributed by atoms with E-state index in [1.807, 2.05) is 30.3 Å². The summed E-state index contributed by atoms with van der Waals surface area (Å²) in [5.74, 6) is -1.01. The first kappa shape index (κ1) is 18.0. The van der Waals surface area contributed by atoms with E-state index in [-0.39, 0.29) is 13.0 Å². The Morgan fingerprint density at radius 3 is 2.41 bits per heavy atom. The molecule has 0 aliphatic carbocycles. The van der Waals surface area contributed by atoms with Gasteiger partial charge in [0.1, 0.15) is 5.60 Å². The smallest absolute Gasteiger partial charge is 0.407 e. The molecule has 0 fully saturated rings. The number of carboxylic acids is 1. The van der Waals surface area contributed by atoms with Crippen LogP contribution in [0.3, 0.4) is 0 Å². The molecule has 2 N–H and O–H groups in total. The molecule has 0 saturated heterocycles. The standard InChI is InChI=1S/C16H23NO5/c1-16(2,3)22-15(20)17-13(9-14(18)19)11-21-10-12-7-5-4-6-8-12/h4-8,13H,9-11H2,1-3H3,(H,17,20)(H,18,19). The van der Waals surface area contributed by atoms with Crippen LogP contribution in [0.5, 0.6) is 0 Å². The maximum Gasteiger partial charge on any atom is 0.407 e. The Hall–Kier alpha value is -2.08. The van der Waals surface area contributed by atoms with Gasteiger partial charge in [-0.05, 0) is 26.3 Å². The van der Waals surface area contributed by atoms with Crippen molar-refractivity contribution in [1.29, 1.82) is 0 Å². The lowest BCUT2D eigenvalue weighted by molar-refractivity contribution is -0.137. The lowest BCUT2D eigenvalue weighted by atomic mass is 10.2. The minimum atomic E-state index is -1.01. The zero-order valence-electron chi connectivity index (χ0n) is 13.2. The molecule has 0 saturated carbocycles. The Morgan fingerprint density at radius 1 is 1.23 bits per heavy atom. The van der Waals surface area contributed by atoms with E-state index in [2.05, 4.69) is 5.32 Å². The average Bonchev–Trinajstić information content (AvgIpc) is 2.36. The molecule has 0 aromatic heterocycles. The molecule has 0 aliphatic heterocycles. The minimum Gasteiger partial charge on any atom is -0.481 e. The molecule has 0 radical (unpaired) electrons. The Bertz CT molecular complexity index is 481. The maximum atomic E-state index is 11.7. The number of carbonyl (C=O) groups excluding carboxylic acids is 1. The lowest BCUT2D eigenvalue weighted by Crippen LogP contribution is -2.42. The lowest BCUT2D eigenvalue weighted by Gasteiger charge is -2.23. The second kappa shape index (κ2) is 8.38. The van der Waals surface area contributed by atoms with Crippen LogP contribution in [-0.4, -0.2) is 35.4 Å². The van der Waals surface area contributed by atoms with Gasteiger partial charge in [0.25, 0.3) is 0 Å². The van der Waals surface area contributed by atoms with Crippen LogP contribution in [0.2, 0.25) is 0 Å². The topological polar surface area (TPSA) is 84.9 Å². The highest BCUT2D eigenvalue weighted by molar-refractivity contribution is 5.71. The second-order valence-electron chi connectivity index (χ2n) is 5.94. The van der Waals surface area contributed by atoms with Gasteiger partial charge in [0.05, 0.1) is 25.7 Å². The maximum absolute atomic E-state index is 11.7. The summed E-state index contributed by atoms with van der Waals surface area (Å²) in [6, 6.07) is 8.87. The van der Waals surface area contributed by atoms with Gasteiger partial charge in [-0.3, -0.25) is 4.79 Å². The zero-order valence-corrected chi connectivity index (χ0v) is 13.2. The molecule has 1 atom stereocenters. The molecule has 1 amide bonds. The number of hydrogen-bond acceptors (Lipinski definition) is 4. The number of rotatable bonds is 7. The fourth-order valence-electron chi connectivity index (χ4n) is 1.73. The Balaban J connectivity index is 2.46. The highest BCUT2D eigenvalue weighted by Gasteiger charge is 2.21. The Morgan fingerprint density at radius 2 is 1.86 bits per heavy atom. The highest BCUT2D eigenvalue weighted by atomic mass is 16.6. The molecule has 22 heavy (non-hydrogen) atoms. The van der Waals surface area contributed by atoms with Crippen molar-refractivity contribution in [3.63, 3.8) is 0 Å². The van der Waals surface area contributed by atoms with E-state index in [0.29, 0.717) is 6.61 Å². The molecule has 122 valence electrons. The van der Waals surface area contributed by atoms with Crippen molar-refractivity contribution in [2.75, 3.05) is 6.61 Å². The van der Waals surface area contributed by atoms with Gasteiger partial charge in [-0.25, -0.2) is 4.79 Å². The fourth-order valence-corrected chi connectivity index (χ4v) is 1.73. The predicted octanol–water partition coefficient (Wildman–Crippen LogP) is 2.57.